The summed E-state index contributed by atoms with van der Waals surface area (Å²) in [5.74, 6) is 0.521. The Labute approximate surface area is 118 Å². The van der Waals surface area contributed by atoms with Crippen LogP contribution in [-0.4, -0.2) is 14.5 Å². The number of halogens is 1. The number of rotatable bonds is 6. The molecule has 0 saturated carbocycles. The maximum absolute atomic E-state index is 12.1. The lowest BCUT2D eigenvalue weighted by atomic mass is 10.0. The summed E-state index contributed by atoms with van der Waals surface area (Å²) >= 11 is 3.29. The van der Waals surface area contributed by atoms with Gasteiger partial charge in [-0.2, -0.15) is 0 Å². The Kier molecular flexibility index (Phi) is 5.82. The lowest BCUT2D eigenvalue weighted by Crippen LogP contribution is -2.33. The minimum atomic E-state index is -3.40. The van der Waals surface area contributed by atoms with Gasteiger partial charge < -0.3 is 0 Å². The molecular weight excluding hydrogens is 314 g/mol. The first-order chi connectivity index (χ1) is 8.35. The Hall–Kier alpha value is -0.390. The van der Waals surface area contributed by atoms with E-state index >= 15 is 0 Å². The number of hydrogen-bond acceptors (Lipinski definition) is 2. The van der Waals surface area contributed by atoms with E-state index in [1.165, 1.54) is 0 Å². The number of benzene rings is 1. The van der Waals surface area contributed by atoms with Crippen molar-refractivity contribution in [1.82, 2.24) is 4.72 Å². The van der Waals surface area contributed by atoms with Crippen molar-refractivity contribution >= 4 is 26.0 Å². The number of nitrogens with one attached hydrogen (secondary N) is 1. The largest absolute Gasteiger partial charge is 0.240 e. The van der Waals surface area contributed by atoms with E-state index in [1.54, 1.807) is 24.3 Å². The van der Waals surface area contributed by atoms with E-state index < -0.39 is 10.0 Å². The normalized spacial score (nSPS) is 15.3. The molecule has 5 heteroatoms. The second-order valence-electron chi connectivity index (χ2n) is 4.73. The highest BCUT2D eigenvalue weighted by Crippen LogP contribution is 2.16. The third-order valence-electron chi connectivity index (χ3n) is 2.93. The van der Waals surface area contributed by atoms with Crippen LogP contribution < -0.4 is 4.72 Å². The molecule has 1 aromatic carbocycles. The summed E-state index contributed by atoms with van der Waals surface area (Å²) in [7, 11) is -3.40. The summed E-state index contributed by atoms with van der Waals surface area (Å²) in [5, 5.41) is 0. The smallest absolute Gasteiger partial charge is 0.208 e. The van der Waals surface area contributed by atoms with Crippen LogP contribution in [0.15, 0.2) is 33.6 Å². The topological polar surface area (TPSA) is 46.2 Å². The highest BCUT2D eigenvalue weighted by atomic mass is 79.9. The Balaban J connectivity index is 2.73. The fourth-order valence-electron chi connectivity index (χ4n) is 1.76. The first-order valence-electron chi connectivity index (χ1n) is 6.13. The summed E-state index contributed by atoms with van der Waals surface area (Å²) in [6.07, 6.45) is 1.91. The van der Waals surface area contributed by atoms with Gasteiger partial charge >= 0.3 is 0 Å². The minimum Gasteiger partial charge on any atom is -0.208 e. The number of sulfonamides is 1. The molecule has 2 unspecified atom stereocenters. The van der Waals surface area contributed by atoms with Crippen LogP contribution >= 0.6 is 15.9 Å². The summed E-state index contributed by atoms with van der Waals surface area (Å²) in [5.41, 5.74) is 0. The van der Waals surface area contributed by atoms with Gasteiger partial charge in [-0.05, 0) is 43.5 Å². The zero-order valence-electron chi connectivity index (χ0n) is 11.0. The van der Waals surface area contributed by atoms with Crippen LogP contribution in [0.3, 0.4) is 0 Å². The molecule has 1 aromatic rings. The zero-order valence-corrected chi connectivity index (χ0v) is 13.4. The van der Waals surface area contributed by atoms with Gasteiger partial charge in [0, 0.05) is 10.5 Å². The summed E-state index contributed by atoms with van der Waals surface area (Å²) in [4.78, 5) is 0.307. The summed E-state index contributed by atoms with van der Waals surface area (Å²) in [6, 6.07) is 6.61. The Morgan fingerprint density at radius 2 is 1.78 bits per heavy atom. The molecule has 102 valence electrons. The molecule has 0 spiro atoms. The fraction of sp³-hybridized carbons (Fsp3) is 0.538. The van der Waals surface area contributed by atoms with Gasteiger partial charge in [0.15, 0.2) is 0 Å². The third-order valence-corrected chi connectivity index (χ3v) is 5.07. The highest BCUT2D eigenvalue weighted by Gasteiger charge is 2.18. The predicted molar refractivity (Wildman–Crippen MR) is 78.0 cm³/mol. The van der Waals surface area contributed by atoms with Crippen LogP contribution in [0.4, 0.5) is 0 Å². The van der Waals surface area contributed by atoms with Crippen LogP contribution in [0.25, 0.3) is 0 Å². The van der Waals surface area contributed by atoms with E-state index in [2.05, 4.69) is 34.5 Å². The van der Waals surface area contributed by atoms with Gasteiger partial charge in [-0.25, -0.2) is 13.1 Å². The van der Waals surface area contributed by atoms with E-state index in [4.69, 9.17) is 0 Å². The predicted octanol–water partition coefficient (Wildman–Crippen LogP) is 3.55. The highest BCUT2D eigenvalue weighted by molar-refractivity contribution is 9.10. The Morgan fingerprint density at radius 3 is 2.28 bits per heavy atom. The first kappa shape index (κ1) is 15.7. The van der Waals surface area contributed by atoms with E-state index in [0.717, 1.165) is 17.3 Å². The van der Waals surface area contributed by atoms with Gasteiger partial charge in [-0.15, -0.1) is 0 Å². The Morgan fingerprint density at radius 1 is 1.22 bits per heavy atom. The van der Waals surface area contributed by atoms with Crippen LogP contribution in [0, 0.1) is 5.92 Å². The second-order valence-corrected chi connectivity index (χ2v) is 7.36. The van der Waals surface area contributed by atoms with E-state index in [9.17, 15) is 8.42 Å². The van der Waals surface area contributed by atoms with Crippen LogP contribution in [0.1, 0.15) is 33.6 Å². The van der Waals surface area contributed by atoms with Crippen LogP contribution in [0.5, 0.6) is 0 Å². The number of hydrogen-bond donors (Lipinski definition) is 1. The molecule has 18 heavy (non-hydrogen) atoms. The molecule has 0 heterocycles. The van der Waals surface area contributed by atoms with Crippen LogP contribution in [0.2, 0.25) is 0 Å². The van der Waals surface area contributed by atoms with Gasteiger partial charge in [0.2, 0.25) is 10.0 Å². The maximum atomic E-state index is 12.1. The molecule has 0 bridgehead atoms. The Bertz CT molecular complexity index is 470. The molecule has 3 nitrogen and oxygen atoms in total. The lowest BCUT2D eigenvalue weighted by Gasteiger charge is -2.17. The molecule has 0 amide bonds. The van der Waals surface area contributed by atoms with Gasteiger partial charge in [0.1, 0.15) is 0 Å². The molecule has 2 atom stereocenters. The van der Waals surface area contributed by atoms with Crippen molar-refractivity contribution in [1.29, 1.82) is 0 Å². The fourth-order valence-corrected chi connectivity index (χ4v) is 3.29. The quantitative estimate of drug-likeness (QED) is 0.865. The standard InChI is InChI=1S/C13H20BrNO2S/c1-4-10(2)9-11(3)15-18(16,17)13-7-5-12(14)6-8-13/h5-8,10-11,15H,4,9H2,1-3H3. The zero-order chi connectivity index (χ0) is 13.8. The van der Waals surface area contributed by atoms with Crippen molar-refractivity contribution in [3.8, 4) is 0 Å². The average molecular weight is 334 g/mol. The average Bonchev–Trinajstić information content (AvgIpc) is 2.28. The third kappa shape index (κ3) is 4.71. The molecule has 0 aliphatic carbocycles. The molecule has 0 saturated heterocycles. The first-order valence-corrected chi connectivity index (χ1v) is 8.40. The summed E-state index contributed by atoms with van der Waals surface area (Å²) in [6.45, 7) is 6.15. The van der Waals surface area contributed by atoms with Crippen molar-refractivity contribution in [2.45, 2.75) is 44.6 Å². The van der Waals surface area contributed by atoms with Gasteiger partial charge in [-0.3, -0.25) is 0 Å². The molecule has 0 radical (unpaired) electrons. The molecule has 0 aromatic heterocycles. The second kappa shape index (κ2) is 6.68. The SMILES string of the molecule is CCC(C)CC(C)NS(=O)(=O)c1ccc(Br)cc1. The lowest BCUT2D eigenvalue weighted by molar-refractivity contribution is 0.445. The van der Waals surface area contributed by atoms with Crippen molar-refractivity contribution in [3.63, 3.8) is 0 Å². The van der Waals surface area contributed by atoms with E-state index in [-0.39, 0.29) is 6.04 Å². The van der Waals surface area contributed by atoms with Gasteiger partial charge in [0.05, 0.1) is 4.90 Å². The molecule has 0 aliphatic heterocycles. The molecule has 1 rings (SSSR count). The van der Waals surface area contributed by atoms with Crippen molar-refractivity contribution in [3.05, 3.63) is 28.7 Å². The van der Waals surface area contributed by atoms with Crippen molar-refractivity contribution in [2.75, 3.05) is 0 Å². The minimum absolute atomic E-state index is 0.0476. The van der Waals surface area contributed by atoms with Crippen molar-refractivity contribution in [2.24, 2.45) is 5.92 Å². The van der Waals surface area contributed by atoms with Gasteiger partial charge in [0.25, 0.3) is 0 Å². The van der Waals surface area contributed by atoms with Crippen LogP contribution in [-0.2, 0) is 10.0 Å². The molecule has 0 aliphatic rings. The van der Waals surface area contributed by atoms with Gasteiger partial charge in [-0.1, -0.05) is 36.2 Å². The van der Waals surface area contributed by atoms with E-state index in [1.807, 2.05) is 6.92 Å². The summed E-state index contributed by atoms with van der Waals surface area (Å²) < 4.78 is 27.8. The van der Waals surface area contributed by atoms with Crippen molar-refractivity contribution < 1.29 is 8.42 Å². The van der Waals surface area contributed by atoms with E-state index in [0.29, 0.717) is 10.8 Å². The maximum Gasteiger partial charge on any atom is 0.240 e. The monoisotopic (exact) mass is 333 g/mol. The molecular formula is C13H20BrNO2S. The molecule has 0 fully saturated rings. The molecule has 1 N–H and O–H groups in total.